The van der Waals surface area contributed by atoms with Gasteiger partial charge in [0.05, 0.1) is 43.5 Å². The van der Waals surface area contributed by atoms with Crippen LogP contribution in [0.5, 0.6) is 0 Å². The highest BCUT2D eigenvalue weighted by molar-refractivity contribution is 5.67. The lowest BCUT2D eigenvalue weighted by molar-refractivity contribution is -0.0768. The molecule has 0 spiro atoms. The average Bonchev–Trinajstić information content (AvgIpc) is 2.87. The molecule has 0 aromatic heterocycles. The third-order valence-corrected chi connectivity index (χ3v) is 5.90. The van der Waals surface area contributed by atoms with Crippen molar-refractivity contribution < 1.29 is 9.47 Å². The molecule has 192 valence electrons. The van der Waals surface area contributed by atoms with Gasteiger partial charge >= 0.3 is 0 Å². The highest BCUT2D eigenvalue weighted by Gasteiger charge is 2.41. The summed E-state index contributed by atoms with van der Waals surface area (Å²) in [5.74, 6) is 13.7. The van der Waals surface area contributed by atoms with Crippen molar-refractivity contribution in [2.75, 3.05) is 63.3 Å². The van der Waals surface area contributed by atoms with Crippen molar-refractivity contribution in [1.29, 1.82) is 0 Å². The molecule has 2 heterocycles. The zero-order valence-corrected chi connectivity index (χ0v) is 21.2. The highest BCUT2D eigenvalue weighted by atomic mass is 16.5. The summed E-state index contributed by atoms with van der Waals surface area (Å²) in [6, 6.07) is 7.61. The monoisotopic (exact) mass is 476 g/mol. The lowest BCUT2D eigenvalue weighted by atomic mass is 10.1. The Balaban J connectivity index is 0.00000199. The van der Waals surface area contributed by atoms with Crippen LogP contribution < -0.4 is 28.2 Å². The molecule has 2 atom stereocenters. The predicted molar refractivity (Wildman–Crippen MR) is 139 cm³/mol. The predicted octanol–water partition coefficient (Wildman–Crippen LogP) is 1.23. The number of ether oxygens (including phenoxy) is 2. The van der Waals surface area contributed by atoms with Crippen LogP contribution in [0.2, 0.25) is 0 Å². The van der Waals surface area contributed by atoms with E-state index in [-0.39, 0.29) is 12.3 Å². The first kappa shape index (κ1) is 27.9. The lowest BCUT2D eigenvalue weighted by Crippen LogP contribution is -2.70. The van der Waals surface area contributed by atoms with Crippen molar-refractivity contribution in [1.82, 2.24) is 14.8 Å². The van der Waals surface area contributed by atoms with Crippen LogP contribution in [0.25, 0.3) is 0 Å². The molecule has 3 rings (SSSR count). The largest absolute Gasteiger partial charge is 0.401 e. The fraction of sp³-hybridized carbons (Fsp3) is 0.583. The van der Waals surface area contributed by atoms with Crippen molar-refractivity contribution >= 4 is 11.4 Å². The molecule has 0 bridgehead atoms. The van der Waals surface area contributed by atoms with E-state index in [0.717, 1.165) is 37.6 Å². The fourth-order valence-corrected chi connectivity index (χ4v) is 4.29. The van der Waals surface area contributed by atoms with Gasteiger partial charge in [0, 0.05) is 31.9 Å². The number of nitrogens with two attached hydrogens (primary N) is 4. The molecule has 0 saturated carbocycles. The second-order valence-electron chi connectivity index (χ2n) is 8.07. The molecule has 1 aromatic rings. The SMILES string of the molecule is C/C=C\C(=C(/C)N)N(N)C(C(N1CCOCC1)N(N)c1ccccc1N)N1CCOCC1.CC. The molecule has 2 fully saturated rings. The second kappa shape index (κ2) is 14.1. The first-order chi connectivity index (χ1) is 16.5. The summed E-state index contributed by atoms with van der Waals surface area (Å²) in [4.78, 5) is 4.60. The Morgan fingerprint density at radius 2 is 1.44 bits per heavy atom. The van der Waals surface area contributed by atoms with Crippen LogP contribution in [0.15, 0.2) is 47.8 Å². The smallest absolute Gasteiger partial charge is 0.133 e. The molecule has 10 heteroatoms. The molecule has 2 aliphatic rings. The Hall–Kier alpha value is -2.34. The third kappa shape index (κ3) is 6.84. The number of nitrogens with zero attached hydrogens (tertiary/aromatic N) is 4. The summed E-state index contributed by atoms with van der Waals surface area (Å²) in [6.07, 6.45) is 3.23. The molecule has 2 unspecified atom stereocenters. The molecular weight excluding hydrogens is 432 g/mol. The number of hydrogen-bond acceptors (Lipinski definition) is 10. The molecule has 2 aliphatic heterocycles. The second-order valence-corrected chi connectivity index (χ2v) is 8.07. The summed E-state index contributed by atoms with van der Waals surface area (Å²) < 4.78 is 11.2. The Kier molecular flexibility index (Phi) is 11.6. The normalized spacial score (nSPS) is 20.2. The minimum Gasteiger partial charge on any atom is -0.401 e. The van der Waals surface area contributed by atoms with Crippen molar-refractivity contribution in [2.45, 2.75) is 40.0 Å². The van der Waals surface area contributed by atoms with E-state index in [4.69, 9.17) is 32.6 Å². The topological polar surface area (TPSA) is 135 Å². The Bertz CT molecular complexity index is 787. The van der Waals surface area contributed by atoms with Gasteiger partial charge in [-0.25, -0.2) is 11.7 Å². The van der Waals surface area contributed by atoms with Crippen LogP contribution >= 0.6 is 0 Å². The first-order valence-corrected chi connectivity index (χ1v) is 12.1. The molecule has 8 N–H and O–H groups in total. The maximum Gasteiger partial charge on any atom is 0.133 e. The number of nitrogen functional groups attached to an aromatic ring is 1. The van der Waals surface area contributed by atoms with Crippen molar-refractivity contribution in [3.8, 4) is 0 Å². The van der Waals surface area contributed by atoms with Gasteiger partial charge in [-0.1, -0.05) is 32.1 Å². The van der Waals surface area contributed by atoms with Crippen molar-refractivity contribution in [3.63, 3.8) is 0 Å². The summed E-state index contributed by atoms with van der Waals surface area (Å²) in [5.41, 5.74) is 15.3. The molecule has 0 radical (unpaired) electrons. The zero-order valence-electron chi connectivity index (χ0n) is 21.2. The van der Waals surface area contributed by atoms with Gasteiger partial charge in [0.15, 0.2) is 0 Å². The summed E-state index contributed by atoms with van der Waals surface area (Å²) >= 11 is 0. The maximum atomic E-state index is 6.83. The summed E-state index contributed by atoms with van der Waals surface area (Å²) in [5, 5.41) is 3.47. The first-order valence-electron chi connectivity index (χ1n) is 12.1. The number of morpholine rings is 2. The standard InChI is InChI=1S/C22H38N8O2.C2H6/c1-3-6-19(17(2)23)29(25)21(27-9-13-31-14-10-27)22(28-11-15-32-16-12-28)30(26)20-8-5-4-7-18(20)24;1-2/h3-8,21-22H,9-16,23-26H2,1-2H3;1-2H3/b6-3-,19-17-;. The van der Waals surface area contributed by atoms with Crippen LogP contribution in [0.1, 0.15) is 27.7 Å². The zero-order chi connectivity index (χ0) is 25.1. The minimum absolute atomic E-state index is 0.314. The minimum atomic E-state index is -0.314. The van der Waals surface area contributed by atoms with Crippen LogP contribution in [0.3, 0.4) is 0 Å². The van der Waals surface area contributed by atoms with E-state index in [1.165, 1.54) is 0 Å². The summed E-state index contributed by atoms with van der Waals surface area (Å²) in [7, 11) is 0. The number of allylic oxidation sites excluding steroid dienone is 3. The van der Waals surface area contributed by atoms with Gasteiger partial charge in [0.2, 0.25) is 0 Å². The Labute approximate surface area is 204 Å². The number of hydrogen-bond donors (Lipinski definition) is 4. The van der Waals surface area contributed by atoms with Crippen molar-refractivity contribution in [2.24, 2.45) is 17.4 Å². The maximum absolute atomic E-state index is 6.83. The Morgan fingerprint density at radius 3 is 1.91 bits per heavy atom. The lowest BCUT2D eigenvalue weighted by Gasteiger charge is -2.51. The number of benzene rings is 1. The van der Waals surface area contributed by atoms with E-state index < -0.39 is 0 Å². The summed E-state index contributed by atoms with van der Waals surface area (Å²) in [6.45, 7) is 13.2. The van der Waals surface area contributed by atoms with Gasteiger partial charge in [-0.3, -0.25) is 19.8 Å². The molecule has 0 aliphatic carbocycles. The van der Waals surface area contributed by atoms with E-state index in [2.05, 4.69) is 9.80 Å². The van der Waals surface area contributed by atoms with Crippen LogP contribution in [-0.4, -0.2) is 79.7 Å². The van der Waals surface area contributed by atoms with Gasteiger partial charge in [-0.2, -0.15) is 0 Å². The molecule has 34 heavy (non-hydrogen) atoms. The van der Waals surface area contributed by atoms with E-state index >= 15 is 0 Å². The number of para-hydroxylation sites is 2. The van der Waals surface area contributed by atoms with Crippen molar-refractivity contribution in [3.05, 3.63) is 47.8 Å². The fourth-order valence-electron chi connectivity index (χ4n) is 4.29. The number of anilines is 2. The van der Waals surface area contributed by atoms with E-state index in [1.54, 1.807) is 10.0 Å². The van der Waals surface area contributed by atoms with Crippen LogP contribution in [0, 0.1) is 0 Å². The van der Waals surface area contributed by atoms with E-state index in [9.17, 15) is 0 Å². The molecule has 0 amide bonds. The molecule has 1 aromatic carbocycles. The molecule has 10 nitrogen and oxygen atoms in total. The molecular formula is C24H44N8O2. The average molecular weight is 477 g/mol. The highest BCUT2D eigenvalue weighted by Crippen LogP contribution is 2.28. The van der Waals surface area contributed by atoms with E-state index in [1.807, 2.05) is 64.1 Å². The third-order valence-electron chi connectivity index (χ3n) is 5.90. The van der Waals surface area contributed by atoms with Gasteiger partial charge in [-0.05, 0) is 32.1 Å². The Morgan fingerprint density at radius 1 is 0.941 bits per heavy atom. The van der Waals surface area contributed by atoms with Gasteiger partial charge in [0.25, 0.3) is 0 Å². The van der Waals surface area contributed by atoms with E-state index in [0.29, 0.717) is 37.8 Å². The number of hydrazine groups is 2. The van der Waals surface area contributed by atoms with Gasteiger partial charge < -0.3 is 20.9 Å². The number of rotatable bonds is 8. The van der Waals surface area contributed by atoms with Gasteiger partial charge in [0.1, 0.15) is 12.3 Å². The van der Waals surface area contributed by atoms with Crippen LogP contribution in [-0.2, 0) is 9.47 Å². The quantitative estimate of drug-likeness (QED) is 0.188. The molecule has 2 saturated heterocycles. The van der Waals surface area contributed by atoms with Gasteiger partial charge in [-0.15, -0.1) is 0 Å². The van der Waals surface area contributed by atoms with Crippen LogP contribution in [0.4, 0.5) is 11.4 Å².